The number of nitriles is 1. The zero-order chi connectivity index (χ0) is 15.2. The van der Waals surface area contributed by atoms with Gasteiger partial charge in [-0.05, 0) is 30.3 Å². The standard InChI is InChI=1S/C14H9ClN2O4/c15-10-4-3-9(7-16)11(6-10)17-13(18)8-21-14(19)12-2-1-5-20-12/h1-6H,8H2,(H,17,18). The van der Waals surface area contributed by atoms with Crippen molar-refractivity contribution in [3.8, 4) is 6.07 Å². The van der Waals surface area contributed by atoms with Crippen LogP contribution >= 0.6 is 11.6 Å². The highest BCUT2D eigenvalue weighted by atomic mass is 35.5. The highest BCUT2D eigenvalue weighted by Gasteiger charge is 2.13. The number of furan rings is 1. The van der Waals surface area contributed by atoms with Crippen molar-refractivity contribution in [1.29, 1.82) is 5.26 Å². The summed E-state index contributed by atoms with van der Waals surface area (Å²) in [5.74, 6) is -1.33. The van der Waals surface area contributed by atoms with Crippen LogP contribution < -0.4 is 5.32 Å². The third kappa shape index (κ3) is 3.84. The Hall–Kier alpha value is -2.78. The molecular formula is C14H9ClN2O4. The predicted octanol–water partition coefficient (Wildman–Crippen LogP) is 2.60. The lowest BCUT2D eigenvalue weighted by atomic mass is 10.2. The van der Waals surface area contributed by atoms with Crippen molar-refractivity contribution in [3.63, 3.8) is 0 Å². The van der Waals surface area contributed by atoms with Crippen LogP contribution in [-0.2, 0) is 9.53 Å². The van der Waals surface area contributed by atoms with Gasteiger partial charge in [0.2, 0.25) is 5.76 Å². The maximum Gasteiger partial charge on any atom is 0.374 e. The third-order valence-electron chi connectivity index (χ3n) is 2.43. The first-order valence-electron chi connectivity index (χ1n) is 5.80. The molecule has 0 unspecified atom stereocenters. The van der Waals surface area contributed by atoms with Crippen LogP contribution in [0.4, 0.5) is 5.69 Å². The second-order valence-electron chi connectivity index (χ2n) is 3.90. The van der Waals surface area contributed by atoms with E-state index in [4.69, 9.17) is 26.0 Å². The van der Waals surface area contributed by atoms with E-state index in [1.807, 2.05) is 6.07 Å². The number of benzene rings is 1. The van der Waals surface area contributed by atoms with Crippen LogP contribution in [0.1, 0.15) is 16.1 Å². The molecule has 0 aliphatic heterocycles. The van der Waals surface area contributed by atoms with E-state index in [0.29, 0.717) is 5.02 Å². The number of esters is 1. The molecule has 1 N–H and O–H groups in total. The molecule has 0 radical (unpaired) electrons. The number of hydrogen-bond donors (Lipinski definition) is 1. The number of carbonyl (C=O) groups is 2. The summed E-state index contributed by atoms with van der Waals surface area (Å²) in [7, 11) is 0. The fourth-order valence-corrected chi connectivity index (χ4v) is 1.67. The Morgan fingerprint density at radius 3 is 2.86 bits per heavy atom. The van der Waals surface area contributed by atoms with E-state index in [0.717, 1.165) is 0 Å². The number of halogens is 1. The van der Waals surface area contributed by atoms with E-state index in [2.05, 4.69) is 5.32 Å². The molecular weight excluding hydrogens is 296 g/mol. The van der Waals surface area contributed by atoms with E-state index in [1.165, 1.54) is 36.6 Å². The maximum absolute atomic E-state index is 11.7. The highest BCUT2D eigenvalue weighted by molar-refractivity contribution is 6.31. The van der Waals surface area contributed by atoms with Crippen LogP contribution in [0.5, 0.6) is 0 Å². The number of nitrogens with zero attached hydrogens (tertiary/aromatic N) is 1. The molecule has 1 aromatic heterocycles. The smallest absolute Gasteiger partial charge is 0.374 e. The number of carbonyl (C=O) groups excluding carboxylic acids is 2. The second kappa shape index (κ2) is 6.59. The van der Waals surface area contributed by atoms with Crippen molar-refractivity contribution in [3.05, 3.63) is 52.9 Å². The van der Waals surface area contributed by atoms with E-state index in [9.17, 15) is 9.59 Å². The largest absolute Gasteiger partial charge is 0.457 e. The molecule has 2 aromatic rings. The molecule has 7 heteroatoms. The summed E-state index contributed by atoms with van der Waals surface area (Å²) in [4.78, 5) is 23.2. The molecule has 1 aromatic carbocycles. The Morgan fingerprint density at radius 1 is 1.38 bits per heavy atom. The highest BCUT2D eigenvalue weighted by Crippen LogP contribution is 2.20. The topological polar surface area (TPSA) is 92.3 Å². The Balaban J connectivity index is 1.95. The Kier molecular flexibility index (Phi) is 4.59. The summed E-state index contributed by atoms with van der Waals surface area (Å²) in [6.45, 7) is -0.503. The number of amides is 1. The molecule has 2 rings (SSSR count). The summed E-state index contributed by atoms with van der Waals surface area (Å²) in [6, 6.07) is 9.32. The summed E-state index contributed by atoms with van der Waals surface area (Å²) >= 11 is 5.79. The minimum absolute atomic E-state index is 0.00303. The zero-order valence-corrected chi connectivity index (χ0v) is 11.4. The molecule has 0 spiro atoms. The van der Waals surface area contributed by atoms with Crippen LogP contribution in [0.2, 0.25) is 5.02 Å². The summed E-state index contributed by atoms with van der Waals surface area (Å²) < 4.78 is 9.59. The minimum atomic E-state index is -0.748. The van der Waals surface area contributed by atoms with Crippen molar-refractivity contribution in [2.75, 3.05) is 11.9 Å². The fraction of sp³-hybridized carbons (Fsp3) is 0.0714. The quantitative estimate of drug-likeness (QED) is 0.876. The van der Waals surface area contributed by atoms with Crippen molar-refractivity contribution in [2.45, 2.75) is 0 Å². The van der Waals surface area contributed by atoms with Gasteiger partial charge in [-0.3, -0.25) is 4.79 Å². The number of ether oxygens (including phenoxy) is 1. The van der Waals surface area contributed by atoms with Crippen LogP contribution in [0.15, 0.2) is 41.0 Å². The number of hydrogen-bond acceptors (Lipinski definition) is 5. The van der Waals surface area contributed by atoms with E-state index in [-0.39, 0.29) is 17.0 Å². The monoisotopic (exact) mass is 304 g/mol. The molecule has 0 saturated carbocycles. The second-order valence-corrected chi connectivity index (χ2v) is 4.34. The van der Waals surface area contributed by atoms with Gasteiger partial charge in [-0.15, -0.1) is 0 Å². The number of nitrogens with one attached hydrogen (secondary N) is 1. The Labute approximate surface area is 124 Å². The van der Waals surface area contributed by atoms with Crippen molar-refractivity contribution in [1.82, 2.24) is 0 Å². The lowest BCUT2D eigenvalue weighted by Gasteiger charge is -2.07. The normalized spacial score (nSPS) is 9.71. The van der Waals surface area contributed by atoms with E-state index >= 15 is 0 Å². The van der Waals surface area contributed by atoms with Gasteiger partial charge in [-0.1, -0.05) is 11.6 Å². The molecule has 1 heterocycles. The summed E-state index contributed by atoms with van der Waals surface area (Å²) in [5.41, 5.74) is 0.508. The maximum atomic E-state index is 11.7. The first-order chi connectivity index (χ1) is 10.1. The molecule has 0 atom stereocenters. The van der Waals surface area contributed by atoms with Gasteiger partial charge >= 0.3 is 5.97 Å². The van der Waals surface area contributed by atoms with Gasteiger partial charge in [-0.25, -0.2) is 4.79 Å². The zero-order valence-electron chi connectivity index (χ0n) is 10.6. The van der Waals surface area contributed by atoms with Crippen molar-refractivity contribution >= 4 is 29.2 Å². The van der Waals surface area contributed by atoms with Crippen LogP contribution in [-0.4, -0.2) is 18.5 Å². The number of anilines is 1. The molecule has 106 valence electrons. The van der Waals surface area contributed by atoms with Crippen LogP contribution in [0.25, 0.3) is 0 Å². The van der Waals surface area contributed by atoms with E-state index in [1.54, 1.807) is 0 Å². The molecule has 0 fully saturated rings. The molecule has 0 saturated heterocycles. The summed E-state index contributed by atoms with van der Waals surface area (Å²) in [6.07, 6.45) is 1.32. The first kappa shape index (κ1) is 14.6. The molecule has 0 aliphatic rings. The van der Waals surface area contributed by atoms with Gasteiger partial charge in [-0.2, -0.15) is 5.26 Å². The molecule has 0 aliphatic carbocycles. The van der Waals surface area contributed by atoms with Gasteiger partial charge in [0, 0.05) is 5.02 Å². The molecule has 0 bridgehead atoms. The van der Waals surface area contributed by atoms with Crippen molar-refractivity contribution in [2.24, 2.45) is 0 Å². The van der Waals surface area contributed by atoms with Gasteiger partial charge in [0.25, 0.3) is 5.91 Å². The minimum Gasteiger partial charge on any atom is -0.457 e. The molecule has 1 amide bonds. The Morgan fingerprint density at radius 2 is 2.19 bits per heavy atom. The van der Waals surface area contributed by atoms with Gasteiger partial charge in [0.1, 0.15) is 6.07 Å². The lowest BCUT2D eigenvalue weighted by Crippen LogP contribution is -2.21. The van der Waals surface area contributed by atoms with Crippen LogP contribution in [0.3, 0.4) is 0 Å². The Bertz CT molecular complexity index is 704. The first-order valence-corrected chi connectivity index (χ1v) is 6.18. The van der Waals surface area contributed by atoms with E-state index < -0.39 is 18.5 Å². The van der Waals surface area contributed by atoms with Gasteiger partial charge < -0.3 is 14.5 Å². The number of rotatable bonds is 4. The molecule has 21 heavy (non-hydrogen) atoms. The predicted molar refractivity (Wildman–Crippen MR) is 73.8 cm³/mol. The van der Waals surface area contributed by atoms with Gasteiger partial charge in [0.05, 0.1) is 17.5 Å². The van der Waals surface area contributed by atoms with Crippen molar-refractivity contribution < 1.29 is 18.7 Å². The van der Waals surface area contributed by atoms with Crippen LogP contribution in [0, 0.1) is 11.3 Å². The third-order valence-corrected chi connectivity index (χ3v) is 2.67. The average Bonchev–Trinajstić information content (AvgIpc) is 2.99. The SMILES string of the molecule is N#Cc1ccc(Cl)cc1NC(=O)COC(=O)c1ccco1. The molecule has 6 nitrogen and oxygen atoms in total. The summed E-state index contributed by atoms with van der Waals surface area (Å²) in [5, 5.41) is 11.7. The lowest BCUT2D eigenvalue weighted by molar-refractivity contribution is -0.119. The fourth-order valence-electron chi connectivity index (χ4n) is 1.50. The average molecular weight is 305 g/mol. The van der Waals surface area contributed by atoms with Gasteiger partial charge in [0.15, 0.2) is 6.61 Å².